The summed E-state index contributed by atoms with van der Waals surface area (Å²) in [5.74, 6) is 0. The number of pyridine rings is 2. The van der Waals surface area contributed by atoms with E-state index < -0.39 is 0 Å². The summed E-state index contributed by atoms with van der Waals surface area (Å²) in [6.45, 7) is 0. The summed E-state index contributed by atoms with van der Waals surface area (Å²) in [6, 6.07) is 17.9. The van der Waals surface area contributed by atoms with Gasteiger partial charge in [0.05, 0.1) is 5.69 Å². The van der Waals surface area contributed by atoms with Gasteiger partial charge in [-0.3, -0.25) is 0 Å². The number of anilines is 2. The van der Waals surface area contributed by atoms with Gasteiger partial charge in [0.25, 0.3) is 0 Å². The van der Waals surface area contributed by atoms with E-state index in [2.05, 4.69) is 21.9 Å². The highest BCUT2D eigenvalue weighted by atomic mass is 35.5. The van der Waals surface area contributed by atoms with Gasteiger partial charge in [-0.2, -0.15) is 4.40 Å². The minimum Gasteiger partial charge on any atom is -0.355 e. The second-order valence-corrected chi connectivity index (χ2v) is 4.52. The fourth-order valence-electron chi connectivity index (χ4n) is 1.91. The van der Waals surface area contributed by atoms with Crippen LogP contribution < -0.4 is 9.72 Å². The molecule has 3 heteroatoms. The zero-order valence-corrected chi connectivity index (χ0v) is 10.4. The molecule has 0 saturated heterocycles. The molecule has 0 fully saturated rings. The summed E-state index contributed by atoms with van der Waals surface area (Å²) in [5.41, 5.74) is 3.18. The molecule has 88 valence electrons. The Kier molecular flexibility index (Phi) is 2.87. The van der Waals surface area contributed by atoms with Crippen LogP contribution in [0.25, 0.3) is 5.52 Å². The summed E-state index contributed by atoms with van der Waals surface area (Å²) in [7, 11) is 0. The Bertz CT molecular complexity index is 695. The SMILES string of the molecule is Clc1cccc(Nc2cc[n+]3ccccc3c2)c1. The Labute approximate surface area is 110 Å². The van der Waals surface area contributed by atoms with Gasteiger partial charge in [0.15, 0.2) is 12.4 Å². The maximum atomic E-state index is 5.96. The van der Waals surface area contributed by atoms with Crippen molar-refractivity contribution in [2.75, 3.05) is 5.32 Å². The normalized spacial score (nSPS) is 10.5. The molecule has 1 aromatic carbocycles. The summed E-state index contributed by atoms with van der Waals surface area (Å²) in [6.07, 6.45) is 4.06. The Balaban J connectivity index is 1.95. The zero-order valence-electron chi connectivity index (χ0n) is 9.68. The largest absolute Gasteiger partial charge is 0.355 e. The lowest BCUT2D eigenvalue weighted by molar-refractivity contribution is -0.511. The van der Waals surface area contributed by atoms with Crippen LogP contribution in [0.1, 0.15) is 0 Å². The van der Waals surface area contributed by atoms with Crippen molar-refractivity contribution in [3.05, 3.63) is 72.0 Å². The Morgan fingerprint density at radius 2 is 1.72 bits per heavy atom. The van der Waals surface area contributed by atoms with Gasteiger partial charge in [0, 0.05) is 35.0 Å². The van der Waals surface area contributed by atoms with Crippen LogP contribution in [0.15, 0.2) is 67.0 Å². The Morgan fingerprint density at radius 3 is 2.61 bits per heavy atom. The van der Waals surface area contributed by atoms with Crippen molar-refractivity contribution in [3.63, 3.8) is 0 Å². The first kappa shape index (κ1) is 11.1. The van der Waals surface area contributed by atoms with Crippen LogP contribution in [-0.2, 0) is 0 Å². The van der Waals surface area contributed by atoms with E-state index in [4.69, 9.17) is 11.6 Å². The minimum absolute atomic E-state index is 0.732. The van der Waals surface area contributed by atoms with Gasteiger partial charge in [-0.25, -0.2) is 0 Å². The second kappa shape index (κ2) is 4.67. The average molecular weight is 256 g/mol. The molecule has 2 heterocycles. The highest BCUT2D eigenvalue weighted by Crippen LogP contribution is 2.20. The molecule has 0 aliphatic rings. The number of nitrogens with zero attached hydrogens (tertiary/aromatic N) is 1. The molecule has 18 heavy (non-hydrogen) atoms. The van der Waals surface area contributed by atoms with E-state index in [1.165, 1.54) is 0 Å². The van der Waals surface area contributed by atoms with Gasteiger partial charge >= 0.3 is 0 Å². The molecule has 3 rings (SSSR count). The topological polar surface area (TPSA) is 16.1 Å². The number of halogens is 1. The molecule has 2 nitrogen and oxygen atoms in total. The van der Waals surface area contributed by atoms with Crippen LogP contribution in [0, 0.1) is 0 Å². The molecule has 0 aliphatic carbocycles. The van der Waals surface area contributed by atoms with E-state index >= 15 is 0 Å². The predicted octanol–water partition coefficient (Wildman–Crippen LogP) is 3.82. The third-order valence-corrected chi connectivity index (χ3v) is 2.99. The summed E-state index contributed by atoms with van der Waals surface area (Å²) in [5, 5.41) is 4.07. The van der Waals surface area contributed by atoms with Crippen LogP contribution in [0.5, 0.6) is 0 Å². The molecule has 0 amide bonds. The maximum Gasteiger partial charge on any atom is 0.212 e. The second-order valence-electron chi connectivity index (χ2n) is 4.08. The lowest BCUT2D eigenvalue weighted by Crippen LogP contribution is -2.19. The molecule has 0 saturated carbocycles. The van der Waals surface area contributed by atoms with Gasteiger partial charge in [-0.05, 0) is 24.3 Å². The first-order chi connectivity index (χ1) is 8.81. The van der Waals surface area contributed by atoms with Crippen LogP contribution >= 0.6 is 11.6 Å². The van der Waals surface area contributed by atoms with Gasteiger partial charge < -0.3 is 5.32 Å². The molecule has 1 N–H and O–H groups in total. The molecule has 3 aromatic rings. The number of hydrogen-bond acceptors (Lipinski definition) is 1. The molecule has 0 unspecified atom stereocenters. The summed E-state index contributed by atoms with van der Waals surface area (Å²) in [4.78, 5) is 0. The molecule has 0 aliphatic heterocycles. The number of fused-ring (bicyclic) bond motifs is 1. The number of rotatable bonds is 2. The average Bonchev–Trinajstić information content (AvgIpc) is 2.39. The lowest BCUT2D eigenvalue weighted by atomic mass is 10.2. The van der Waals surface area contributed by atoms with Crippen LogP contribution in [0.4, 0.5) is 11.4 Å². The van der Waals surface area contributed by atoms with E-state index in [1.807, 2.05) is 54.9 Å². The quantitative estimate of drug-likeness (QED) is 0.689. The number of aromatic nitrogens is 1. The zero-order chi connectivity index (χ0) is 12.4. The van der Waals surface area contributed by atoms with Crippen LogP contribution in [-0.4, -0.2) is 0 Å². The van der Waals surface area contributed by atoms with Gasteiger partial charge in [0.2, 0.25) is 5.52 Å². The molecule has 0 atom stereocenters. The Hall–Kier alpha value is -2.06. The lowest BCUT2D eigenvalue weighted by Gasteiger charge is -2.05. The summed E-state index contributed by atoms with van der Waals surface area (Å²) >= 11 is 5.96. The first-order valence-electron chi connectivity index (χ1n) is 5.74. The number of benzene rings is 1. The maximum absolute atomic E-state index is 5.96. The monoisotopic (exact) mass is 255 g/mol. The van der Waals surface area contributed by atoms with E-state index in [0.717, 1.165) is 21.9 Å². The van der Waals surface area contributed by atoms with E-state index in [0.29, 0.717) is 0 Å². The molecular formula is C15H12ClN2+. The predicted molar refractivity (Wildman–Crippen MR) is 74.3 cm³/mol. The van der Waals surface area contributed by atoms with Gasteiger partial charge in [-0.15, -0.1) is 0 Å². The fourth-order valence-corrected chi connectivity index (χ4v) is 2.10. The molecule has 0 bridgehead atoms. The van der Waals surface area contributed by atoms with E-state index in [-0.39, 0.29) is 0 Å². The number of hydrogen-bond donors (Lipinski definition) is 1. The molecule has 2 aromatic heterocycles. The van der Waals surface area contributed by atoms with Crippen LogP contribution in [0.2, 0.25) is 5.02 Å². The van der Waals surface area contributed by atoms with E-state index in [9.17, 15) is 0 Å². The van der Waals surface area contributed by atoms with E-state index in [1.54, 1.807) is 0 Å². The van der Waals surface area contributed by atoms with Gasteiger partial charge in [0.1, 0.15) is 0 Å². The molecular weight excluding hydrogens is 244 g/mol. The molecule has 0 spiro atoms. The number of nitrogens with one attached hydrogen (secondary N) is 1. The van der Waals surface area contributed by atoms with Crippen molar-refractivity contribution in [2.45, 2.75) is 0 Å². The highest BCUT2D eigenvalue weighted by Gasteiger charge is 2.02. The molecule has 0 radical (unpaired) electrons. The third-order valence-electron chi connectivity index (χ3n) is 2.75. The van der Waals surface area contributed by atoms with Crippen LogP contribution in [0.3, 0.4) is 0 Å². The van der Waals surface area contributed by atoms with Crippen molar-refractivity contribution < 1.29 is 4.40 Å². The standard InChI is InChI=1S/C15H11ClN2/c16-12-4-3-5-13(10-12)17-14-7-9-18-8-2-1-6-15(18)11-14/h1-11H/p+1. The van der Waals surface area contributed by atoms with Crippen molar-refractivity contribution in [1.82, 2.24) is 0 Å². The highest BCUT2D eigenvalue weighted by molar-refractivity contribution is 6.30. The van der Waals surface area contributed by atoms with Crippen molar-refractivity contribution in [1.29, 1.82) is 0 Å². The first-order valence-corrected chi connectivity index (χ1v) is 6.12. The summed E-state index contributed by atoms with van der Waals surface area (Å²) < 4.78 is 2.07. The van der Waals surface area contributed by atoms with Crippen molar-refractivity contribution in [3.8, 4) is 0 Å². The van der Waals surface area contributed by atoms with Crippen molar-refractivity contribution >= 4 is 28.5 Å². The minimum atomic E-state index is 0.732. The fraction of sp³-hybridized carbons (Fsp3) is 0. The Morgan fingerprint density at radius 1 is 0.833 bits per heavy atom. The smallest absolute Gasteiger partial charge is 0.212 e. The van der Waals surface area contributed by atoms with Gasteiger partial charge in [-0.1, -0.05) is 17.7 Å². The third kappa shape index (κ3) is 2.29. The van der Waals surface area contributed by atoms with Crippen molar-refractivity contribution in [2.24, 2.45) is 0 Å².